The standard InChI is InChI=1S/C21H24N2O4/c1-5-27-17-7-8-18-15(12-17)10-11-23(18)14(2)21(24)22-16-6-9-19(25-3)20(13-16)26-4/h6-14H,5H2,1-4H3,(H,22,24). The minimum absolute atomic E-state index is 0.117. The van der Waals surface area contributed by atoms with Crippen molar-refractivity contribution in [2.45, 2.75) is 19.9 Å². The van der Waals surface area contributed by atoms with Gasteiger partial charge in [-0.2, -0.15) is 0 Å². The molecular weight excluding hydrogens is 344 g/mol. The van der Waals surface area contributed by atoms with Gasteiger partial charge in [0.15, 0.2) is 11.5 Å². The lowest BCUT2D eigenvalue weighted by Crippen LogP contribution is -2.23. The van der Waals surface area contributed by atoms with E-state index in [9.17, 15) is 4.79 Å². The van der Waals surface area contributed by atoms with Gasteiger partial charge in [0.05, 0.1) is 20.8 Å². The fourth-order valence-electron chi connectivity index (χ4n) is 3.02. The zero-order valence-electron chi connectivity index (χ0n) is 16.0. The van der Waals surface area contributed by atoms with Gasteiger partial charge in [-0.15, -0.1) is 0 Å². The number of ether oxygens (including phenoxy) is 3. The Morgan fingerprint density at radius 2 is 1.85 bits per heavy atom. The van der Waals surface area contributed by atoms with Crippen LogP contribution in [0.4, 0.5) is 5.69 Å². The van der Waals surface area contributed by atoms with Crippen LogP contribution in [-0.4, -0.2) is 31.3 Å². The Hall–Kier alpha value is -3.15. The number of nitrogens with one attached hydrogen (secondary N) is 1. The number of carbonyl (C=O) groups is 1. The minimum atomic E-state index is -0.381. The molecule has 0 aliphatic heterocycles. The third-order valence-corrected chi connectivity index (χ3v) is 4.45. The number of hydrogen-bond donors (Lipinski definition) is 1. The Morgan fingerprint density at radius 3 is 2.56 bits per heavy atom. The van der Waals surface area contributed by atoms with Crippen molar-refractivity contribution in [3.05, 3.63) is 48.7 Å². The molecule has 1 aromatic heterocycles. The van der Waals surface area contributed by atoms with Gasteiger partial charge < -0.3 is 24.1 Å². The van der Waals surface area contributed by atoms with Gasteiger partial charge in [0, 0.05) is 28.9 Å². The van der Waals surface area contributed by atoms with Crippen LogP contribution in [0.2, 0.25) is 0 Å². The second-order valence-corrected chi connectivity index (χ2v) is 6.11. The largest absolute Gasteiger partial charge is 0.494 e. The first-order valence-corrected chi connectivity index (χ1v) is 8.83. The van der Waals surface area contributed by atoms with Crippen LogP contribution in [0.1, 0.15) is 19.9 Å². The number of aromatic nitrogens is 1. The highest BCUT2D eigenvalue weighted by atomic mass is 16.5. The van der Waals surface area contributed by atoms with E-state index in [-0.39, 0.29) is 11.9 Å². The summed E-state index contributed by atoms with van der Waals surface area (Å²) < 4.78 is 18.0. The normalized spacial score (nSPS) is 11.9. The highest BCUT2D eigenvalue weighted by Crippen LogP contribution is 2.30. The second-order valence-electron chi connectivity index (χ2n) is 6.11. The summed E-state index contributed by atoms with van der Waals surface area (Å²) in [5.74, 6) is 1.89. The van der Waals surface area contributed by atoms with Gasteiger partial charge in [-0.25, -0.2) is 0 Å². The Bertz CT molecular complexity index is 949. The molecule has 0 aliphatic carbocycles. The number of benzene rings is 2. The molecule has 0 aliphatic rings. The molecule has 6 heteroatoms. The highest BCUT2D eigenvalue weighted by Gasteiger charge is 2.17. The molecule has 2 aromatic carbocycles. The Labute approximate surface area is 158 Å². The molecule has 0 saturated carbocycles. The van der Waals surface area contributed by atoms with Gasteiger partial charge >= 0.3 is 0 Å². The van der Waals surface area contributed by atoms with E-state index in [1.54, 1.807) is 32.4 Å². The molecule has 0 radical (unpaired) electrons. The van der Waals surface area contributed by atoms with Crippen molar-refractivity contribution in [1.29, 1.82) is 0 Å². The lowest BCUT2D eigenvalue weighted by molar-refractivity contribution is -0.118. The first-order valence-electron chi connectivity index (χ1n) is 8.83. The van der Waals surface area contributed by atoms with Gasteiger partial charge in [-0.3, -0.25) is 4.79 Å². The molecule has 1 atom stereocenters. The Kier molecular flexibility index (Phi) is 5.54. The summed E-state index contributed by atoms with van der Waals surface area (Å²) in [6, 6.07) is 12.8. The zero-order valence-corrected chi connectivity index (χ0v) is 16.0. The van der Waals surface area contributed by atoms with Crippen LogP contribution >= 0.6 is 0 Å². The molecule has 1 unspecified atom stereocenters. The summed E-state index contributed by atoms with van der Waals surface area (Å²) >= 11 is 0. The van der Waals surface area contributed by atoms with E-state index in [2.05, 4.69) is 5.32 Å². The molecule has 0 saturated heterocycles. The van der Waals surface area contributed by atoms with E-state index >= 15 is 0 Å². The maximum Gasteiger partial charge on any atom is 0.247 e. The maximum atomic E-state index is 12.7. The number of carbonyl (C=O) groups excluding carboxylic acids is 1. The smallest absolute Gasteiger partial charge is 0.247 e. The van der Waals surface area contributed by atoms with Crippen LogP contribution in [0.15, 0.2) is 48.7 Å². The number of methoxy groups -OCH3 is 2. The molecule has 3 aromatic rings. The fourth-order valence-corrected chi connectivity index (χ4v) is 3.02. The molecule has 1 heterocycles. The van der Waals surface area contributed by atoms with Crippen LogP contribution in [0, 0.1) is 0 Å². The van der Waals surface area contributed by atoms with Gasteiger partial charge in [-0.1, -0.05) is 0 Å². The van der Waals surface area contributed by atoms with Gasteiger partial charge in [0.1, 0.15) is 11.8 Å². The molecule has 1 N–H and O–H groups in total. The minimum Gasteiger partial charge on any atom is -0.494 e. The molecule has 27 heavy (non-hydrogen) atoms. The van der Waals surface area contributed by atoms with Crippen LogP contribution < -0.4 is 19.5 Å². The molecular formula is C21H24N2O4. The summed E-state index contributed by atoms with van der Waals surface area (Å²) in [4.78, 5) is 12.7. The maximum absolute atomic E-state index is 12.7. The zero-order chi connectivity index (χ0) is 19.4. The second kappa shape index (κ2) is 8.03. The van der Waals surface area contributed by atoms with Crippen molar-refractivity contribution in [3.63, 3.8) is 0 Å². The first kappa shape index (κ1) is 18.6. The molecule has 6 nitrogen and oxygen atoms in total. The van der Waals surface area contributed by atoms with E-state index in [0.29, 0.717) is 23.8 Å². The summed E-state index contributed by atoms with van der Waals surface area (Å²) in [6.07, 6.45) is 1.92. The number of nitrogens with zero attached hydrogens (tertiary/aromatic N) is 1. The molecule has 0 fully saturated rings. The van der Waals surface area contributed by atoms with Gasteiger partial charge in [0.2, 0.25) is 5.91 Å². The molecule has 0 bridgehead atoms. The van der Waals surface area contributed by atoms with E-state index in [4.69, 9.17) is 14.2 Å². The SMILES string of the molecule is CCOc1ccc2c(ccn2C(C)C(=O)Nc2ccc(OC)c(OC)c2)c1. The van der Waals surface area contributed by atoms with Crippen LogP contribution in [-0.2, 0) is 4.79 Å². The van der Waals surface area contributed by atoms with E-state index in [0.717, 1.165) is 16.7 Å². The van der Waals surface area contributed by atoms with Crippen LogP contribution in [0.5, 0.6) is 17.2 Å². The quantitative estimate of drug-likeness (QED) is 0.677. The highest BCUT2D eigenvalue weighted by molar-refractivity contribution is 5.95. The third kappa shape index (κ3) is 3.84. The van der Waals surface area contributed by atoms with Crippen LogP contribution in [0.3, 0.4) is 0 Å². The molecule has 142 valence electrons. The number of amides is 1. The monoisotopic (exact) mass is 368 g/mol. The predicted octanol–water partition coefficient (Wildman–Crippen LogP) is 4.26. The fraction of sp³-hybridized carbons (Fsp3) is 0.286. The number of anilines is 1. The number of hydrogen-bond acceptors (Lipinski definition) is 4. The van der Waals surface area contributed by atoms with Crippen molar-refractivity contribution in [3.8, 4) is 17.2 Å². The van der Waals surface area contributed by atoms with Crippen molar-refractivity contribution >= 4 is 22.5 Å². The average molecular weight is 368 g/mol. The Balaban J connectivity index is 1.80. The van der Waals surface area contributed by atoms with Gasteiger partial charge in [0.25, 0.3) is 0 Å². The summed E-state index contributed by atoms with van der Waals surface area (Å²) in [6.45, 7) is 4.44. The first-order chi connectivity index (χ1) is 13.1. The molecule has 0 spiro atoms. The Morgan fingerprint density at radius 1 is 1.07 bits per heavy atom. The van der Waals surface area contributed by atoms with Crippen molar-refractivity contribution in [2.24, 2.45) is 0 Å². The van der Waals surface area contributed by atoms with Crippen molar-refractivity contribution < 1.29 is 19.0 Å². The average Bonchev–Trinajstić information content (AvgIpc) is 3.10. The molecule has 1 amide bonds. The van der Waals surface area contributed by atoms with E-state index in [1.165, 1.54) is 0 Å². The summed E-state index contributed by atoms with van der Waals surface area (Å²) in [7, 11) is 3.14. The number of rotatable bonds is 7. The van der Waals surface area contributed by atoms with Crippen LogP contribution in [0.25, 0.3) is 10.9 Å². The molecule has 3 rings (SSSR count). The lowest BCUT2D eigenvalue weighted by Gasteiger charge is -2.16. The number of fused-ring (bicyclic) bond motifs is 1. The summed E-state index contributed by atoms with van der Waals surface area (Å²) in [5.41, 5.74) is 1.63. The lowest BCUT2D eigenvalue weighted by atomic mass is 10.2. The van der Waals surface area contributed by atoms with Crippen molar-refractivity contribution in [1.82, 2.24) is 4.57 Å². The van der Waals surface area contributed by atoms with E-state index in [1.807, 2.05) is 48.9 Å². The third-order valence-electron chi connectivity index (χ3n) is 4.45. The van der Waals surface area contributed by atoms with Crippen molar-refractivity contribution in [2.75, 3.05) is 26.1 Å². The van der Waals surface area contributed by atoms with Gasteiger partial charge in [-0.05, 0) is 50.2 Å². The predicted molar refractivity (Wildman–Crippen MR) is 106 cm³/mol. The van der Waals surface area contributed by atoms with E-state index < -0.39 is 0 Å². The summed E-state index contributed by atoms with van der Waals surface area (Å²) in [5, 5.41) is 3.97. The topological polar surface area (TPSA) is 61.7 Å².